The average Bonchev–Trinajstić information content (AvgIpc) is 3.58. The van der Waals surface area contributed by atoms with Crippen molar-refractivity contribution in [3.8, 4) is 11.5 Å². The Bertz CT molecular complexity index is 1130. The van der Waals surface area contributed by atoms with Gasteiger partial charge in [0.15, 0.2) is 18.7 Å². The molecule has 31 heavy (non-hydrogen) atoms. The Kier molecular flexibility index (Phi) is 5.36. The minimum Gasteiger partial charge on any atom is -0.488 e. The van der Waals surface area contributed by atoms with Crippen molar-refractivity contribution in [3.63, 3.8) is 0 Å². The van der Waals surface area contributed by atoms with Gasteiger partial charge in [-0.05, 0) is 35.9 Å². The Morgan fingerprint density at radius 3 is 2.81 bits per heavy atom. The fourth-order valence-electron chi connectivity index (χ4n) is 3.68. The Balaban J connectivity index is 1.38. The number of rotatable bonds is 6. The van der Waals surface area contributed by atoms with Gasteiger partial charge in [0.05, 0.1) is 12.2 Å². The summed E-state index contributed by atoms with van der Waals surface area (Å²) in [5, 5.41) is 0.502. The van der Waals surface area contributed by atoms with Crippen molar-refractivity contribution in [2.75, 3.05) is 6.79 Å². The molecule has 5 nitrogen and oxygen atoms in total. The molecule has 0 N–H and O–H groups in total. The fraction of sp³-hybridized carbons (Fsp3) is 0.208. The van der Waals surface area contributed by atoms with Gasteiger partial charge in [-0.2, -0.15) is 0 Å². The van der Waals surface area contributed by atoms with Crippen molar-refractivity contribution in [1.82, 2.24) is 0 Å². The van der Waals surface area contributed by atoms with Gasteiger partial charge in [0.25, 0.3) is 0 Å². The van der Waals surface area contributed by atoms with E-state index >= 15 is 0 Å². The van der Waals surface area contributed by atoms with Gasteiger partial charge >= 0.3 is 0 Å². The van der Waals surface area contributed by atoms with Gasteiger partial charge in [-0.1, -0.05) is 41.9 Å². The molecule has 0 bridgehead atoms. The highest BCUT2D eigenvalue weighted by molar-refractivity contribution is 6.30. The van der Waals surface area contributed by atoms with Crippen molar-refractivity contribution in [2.45, 2.75) is 25.4 Å². The predicted octanol–water partition coefficient (Wildman–Crippen LogP) is 5.25. The Labute approximate surface area is 183 Å². The van der Waals surface area contributed by atoms with Crippen LogP contribution < -0.4 is 9.47 Å². The number of ketones is 1. The smallest absolute Gasteiger partial charge is 0.198 e. The summed E-state index contributed by atoms with van der Waals surface area (Å²) in [6, 6.07) is 16.9. The quantitative estimate of drug-likeness (QED) is 0.387. The first-order chi connectivity index (χ1) is 15.1. The summed E-state index contributed by atoms with van der Waals surface area (Å²) in [7, 11) is 0. The highest BCUT2D eigenvalue weighted by Crippen LogP contribution is 2.48. The van der Waals surface area contributed by atoms with Gasteiger partial charge in [-0.3, -0.25) is 4.79 Å². The molecule has 0 aromatic heterocycles. The molecule has 1 saturated heterocycles. The lowest BCUT2D eigenvalue weighted by Gasteiger charge is -2.20. The van der Waals surface area contributed by atoms with E-state index in [4.69, 9.17) is 30.5 Å². The average molecular weight is 441 g/mol. The zero-order valence-corrected chi connectivity index (χ0v) is 17.1. The van der Waals surface area contributed by atoms with E-state index in [0.717, 1.165) is 11.1 Å². The third-order valence-electron chi connectivity index (χ3n) is 5.20. The number of Topliss-reactive ketones (excluding diaryl/α,β-unsaturated/α-hetero) is 1. The molecule has 158 valence electrons. The standard InChI is InChI=1S/C24H18ClFO5/c25-16-8-15-12-28-13-30-22(15)19(9-16)23-24(31-23)21(27)18-10-17(26)6-7-20(18)29-11-14-4-2-1-3-5-14/h1-10,23-24H,11-13H2/t23-,24-/m1/s1. The highest BCUT2D eigenvalue weighted by atomic mass is 35.5. The van der Waals surface area contributed by atoms with E-state index in [9.17, 15) is 9.18 Å². The zero-order chi connectivity index (χ0) is 21.4. The number of hydrogen-bond donors (Lipinski definition) is 0. The van der Waals surface area contributed by atoms with Crippen LogP contribution in [0.1, 0.15) is 33.2 Å². The summed E-state index contributed by atoms with van der Waals surface area (Å²) in [4.78, 5) is 13.2. The van der Waals surface area contributed by atoms with Crippen molar-refractivity contribution >= 4 is 17.4 Å². The zero-order valence-electron chi connectivity index (χ0n) is 16.3. The summed E-state index contributed by atoms with van der Waals surface area (Å²) in [6.45, 7) is 0.751. The van der Waals surface area contributed by atoms with E-state index in [2.05, 4.69) is 0 Å². The van der Waals surface area contributed by atoms with E-state index in [1.165, 1.54) is 18.2 Å². The SMILES string of the molecule is O=C(c1cc(F)ccc1OCc1ccccc1)[C@H]1O[C@@H]1c1cc(Cl)cc2c1OCOC2. The molecule has 0 unspecified atom stereocenters. The van der Waals surface area contributed by atoms with Crippen LogP contribution in [0.5, 0.6) is 11.5 Å². The molecule has 7 heteroatoms. The normalized spacial score (nSPS) is 19.3. The largest absolute Gasteiger partial charge is 0.488 e. The first-order valence-corrected chi connectivity index (χ1v) is 10.2. The highest BCUT2D eigenvalue weighted by Gasteiger charge is 2.49. The Hall–Kier alpha value is -2.93. The lowest BCUT2D eigenvalue weighted by molar-refractivity contribution is -0.0172. The van der Waals surface area contributed by atoms with Crippen molar-refractivity contribution in [1.29, 1.82) is 0 Å². The van der Waals surface area contributed by atoms with Crippen molar-refractivity contribution < 1.29 is 28.1 Å². The monoisotopic (exact) mass is 440 g/mol. The van der Waals surface area contributed by atoms with E-state index in [1.54, 1.807) is 12.1 Å². The maximum absolute atomic E-state index is 14.0. The lowest BCUT2D eigenvalue weighted by Crippen LogP contribution is -2.15. The lowest BCUT2D eigenvalue weighted by atomic mass is 9.99. The molecule has 2 aliphatic heterocycles. The molecule has 3 aromatic rings. The van der Waals surface area contributed by atoms with Crippen molar-refractivity contribution in [3.05, 3.63) is 93.8 Å². The number of halogens is 2. The number of carbonyl (C=O) groups is 1. The van der Waals surface area contributed by atoms with Gasteiger partial charge in [0.2, 0.25) is 0 Å². The molecule has 2 aliphatic rings. The number of fused-ring (bicyclic) bond motifs is 1. The topological polar surface area (TPSA) is 57.3 Å². The van der Waals surface area contributed by atoms with Crippen LogP contribution in [-0.4, -0.2) is 18.7 Å². The summed E-state index contributed by atoms with van der Waals surface area (Å²) in [5.41, 5.74) is 2.57. The second-order valence-corrected chi connectivity index (χ2v) is 7.79. The maximum Gasteiger partial charge on any atom is 0.198 e. The molecular formula is C24H18ClFO5. The van der Waals surface area contributed by atoms with Gasteiger partial charge in [-0.25, -0.2) is 4.39 Å². The first-order valence-electron chi connectivity index (χ1n) is 9.79. The molecule has 2 heterocycles. The number of benzene rings is 3. The van der Waals surface area contributed by atoms with E-state index in [0.29, 0.717) is 28.7 Å². The minimum absolute atomic E-state index is 0.119. The molecule has 0 aliphatic carbocycles. The number of ether oxygens (including phenoxy) is 4. The summed E-state index contributed by atoms with van der Waals surface area (Å²) >= 11 is 6.22. The van der Waals surface area contributed by atoms with Crippen LogP contribution in [0.3, 0.4) is 0 Å². The Morgan fingerprint density at radius 1 is 1.13 bits per heavy atom. The molecule has 2 atom stereocenters. The van der Waals surface area contributed by atoms with E-state index < -0.39 is 18.0 Å². The molecule has 1 fully saturated rings. The first kappa shape index (κ1) is 20.0. The van der Waals surface area contributed by atoms with Crippen LogP contribution in [0.2, 0.25) is 5.02 Å². The van der Waals surface area contributed by atoms with Crippen molar-refractivity contribution in [2.24, 2.45) is 0 Å². The second kappa shape index (κ2) is 8.30. The molecule has 0 radical (unpaired) electrons. The van der Waals surface area contributed by atoms with Gasteiger partial charge in [0, 0.05) is 16.1 Å². The molecular weight excluding hydrogens is 423 g/mol. The summed E-state index contributed by atoms with van der Waals surface area (Å²) < 4.78 is 36.4. The predicted molar refractivity (Wildman–Crippen MR) is 111 cm³/mol. The molecule has 3 aromatic carbocycles. The Morgan fingerprint density at radius 2 is 1.97 bits per heavy atom. The van der Waals surface area contributed by atoms with Crippen LogP contribution in [0.15, 0.2) is 60.7 Å². The van der Waals surface area contributed by atoms with Crippen LogP contribution in [-0.2, 0) is 22.7 Å². The molecule has 0 spiro atoms. The third-order valence-corrected chi connectivity index (χ3v) is 5.42. The molecule has 0 saturated carbocycles. The second-order valence-electron chi connectivity index (χ2n) is 7.35. The number of hydrogen-bond acceptors (Lipinski definition) is 5. The minimum atomic E-state index is -0.769. The number of epoxide rings is 1. The fourth-order valence-corrected chi connectivity index (χ4v) is 3.93. The van der Waals surface area contributed by atoms with Crippen LogP contribution in [0, 0.1) is 5.82 Å². The maximum atomic E-state index is 14.0. The van der Waals surface area contributed by atoms with Gasteiger partial charge < -0.3 is 18.9 Å². The number of carbonyl (C=O) groups excluding carboxylic acids is 1. The summed E-state index contributed by atoms with van der Waals surface area (Å²) in [5.74, 6) is 0.0552. The van der Waals surface area contributed by atoms with Crippen LogP contribution in [0.25, 0.3) is 0 Å². The van der Waals surface area contributed by atoms with Crippen LogP contribution >= 0.6 is 11.6 Å². The van der Waals surface area contributed by atoms with E-state index in [1.807, 2.05) is 30.3 Å². The third kappa shape index (κ3) is 4.14. The van der Waals surface area contributed by atoms with Gasteiger partial charge in [0.1, 0.15) is 30.0 Å². The van der Waals surface area contributed by atoms with E-state index in [-0.39, 0.29) is 24.7 Å². The summed E-state index contributed by atoms with van der Waals surface area (Å²) in [6.07, 6.45) is -1.29. The molecule has 0 amide bonds. The van der Waals surface area contributed by atoms with Crippen LogP contribution in [0.4, 0.5) is 4.39 Å². The molecule has 5 rings (SSSR count). The van der Waals surface area contributed by atoms with Gasteiger partial charge in [-0.15, -0.1) is 0 Å².